The first kappa shape index (κ1) is 31.2. The first-order valence-corrected chi connectivity index (χ1v) is 17.9. The Bertz CT molecular complexity index is 2210. The highest BCUT2D eigenvalue weighted by atomic mass is 35.5. The van der Waals surface area contributed by atoms with Crippen LogP contribution in [0.25, 0.3) is 37.8 Å². The summed E-state index contributed by atoms with van der Waals surface area (Å²) >= 11 is 8.77. The average molecular weight is 704 g/mol. The maximum absolute atomic E-state index is 17.4. The van der Waals surface area contributed by atoms with Crippen molar-refractivity contribution >= 4 is 55.3 Å². The Morgan fingerprint density at radius 3 is 2.88 bits per heavy atom. The molecule has 1 N–H and O–H groups in total. The lowest BCUT2D eigenvalue weighted by atomic mass is 9.91. The summed E-state index contributed by atoms with van der Waals surface area (Å²) in [5.74, 6) is -0.142. The van der Waals surface area contributed by atoms with E-state index in [4.69, 9.17) is 31.3 Å². The maximum atomic E-state index is 17.4. The number of benzene rings is 1. The summed E-state index contributed by atoms with van der Waals surface area (Å²) in [6.07, 6.45) is 4.46. The number of aromatic nitrogens is 3. The monoisotopic (exact) mass is 703 g/mol. The van der Waals surface area contributed by atoms with Gasteiger partial charge in [0.1, 0.15) is 24.0 Å². The highest BCUT2D eigenvalue weighted by Gasteiger charge is 2.49. The Kier molecular flexibility index (Phi) is 7.09. The molecule has 1 aromatic carbocycles. The van der Waals surface area contributed by atoms with Crippen LogP contribution in [0.5, 0.6) is 6.01 Å². The molecular formula is C36H33ClF3N7OS. The Labute approximate surface area is 290 Å². The molecule has 0 amide bonds. The van der Waals surface area contributed by atoms with Crippen LogP contribution in [-0.4, -0.2) is 69.8 Å². The third-order valence-electron chi connectivity index (χ3n) is 11.4. The summed E-state index contributed by atoms with van der Waals surface area (Å²) in [7, 11) is 0. The number of nitrogens with zero attached hydrogens (tertiary/aromatic N) is 6. The number of hydrogen-bond donors (Lipinski definition) is 1. The van der Waals surface area contributed by atoms with E-state index in [9.17, 15) is 14.0 Å². The molecule has 4 atom stereocenters. The molecule has 8 nitrogen and oxygen atoms in total. The van der Waals surface area contributed by atoms with E-state index >= 15 is 4.39 Å². The fraction of sp³-hybridized carbons (Fsp3) is 0.444. The van der Waals surface area contributed by atoms with Crippen LogP contribution in [0.4, 0.5) is 19.0 Å². The van der Waals surface area contributed by atoms with Gasteiger partial charge in [0.15, 0.2) is 5.82 Å². The van der Waals surface area contributed by atoms with E-state index in [1.54, 1.807) is 6.20 Å². The van der Waals surface area contributed by atoms with Gasteiger partial charge >= 0.3 is 6.01 Å². The smallest absolute Gasteiger partial charge is 0.319 e. The normalized spacial score (nSPS) is 26.0. The maximum Gasteiger partial charge on any atom is 0.319 e. The van der Waals surface area contributed by atoms with E-state index in [-0.39, 0.29) is 71.1 Å². The number of halogens is 4. The number of piperazine rings is 1. The Balaban J connectivity index is 1.27. The molecular weight excluding hydrogens is 671 g/mol. The second kappa shape index (κ2) is 11.1. The number of pyridine rings is 1. The van der Waals surface area contributed by atoms with Crippen LogP contribution in [0.1, 0.15) is 60.1 Å². The standard InChI is InChI=1S/C36H33ClF3N7OS/c1-16-9-23-22-6-5-20(43-22)14-47(23)34-26-24(16)28(37)27(30-25-21(11-41)18(3)49-32(25)17(2)12-42-30)29(38)31(26)44-35(45-34)48-15-36-7-4-8-46(36)13-19(10-36)33(39)40/h12,20,22-23,43H,1,4-10,13-15H2,2-3H3/t20-,22+,23+,36+/m1/s1. The SMILES string of the molecule is C=C1C[C@H]2[C@@H]3CC[C@H](CN2c2nc(OC[C@@]45CCCN4CC(=C(F)F)C5)nc4c(F)c(-c5ncc(C)c6sc(C)c(C#N)c56)c(Cl)c1c24)N3. The molecule has 2 bridgehead atoms. The number of ether oxygens (including phenoxy) is 1. The molecule has 9 rings (SSSR count). The van der Waals surface area contributed by atoms with E-state index in [1.807, 2.05) is 13.8 Å². The summed E-state index contributed by atoms with van der Waals surface area (Å²) < 4.78 is 52.1. The van der Waals surface area contributed by atoms with Crippen molar-refractivity contribution in [2.45, 2.75) is 76.0 Å². The fourth-order valence-electron chi connectivity index (χ4n) is 9.14. The number of anilines is 1. The molecule has 5 aliphatic heterocycles. The molecule has 8 heterocycles. The van der Waals surface area contributed by atoms with Gasteiger partial charge in [0.2, 0.25) is 0 Å². The number of nitrogens with one attached hydrogen (secondary N) is 1. The van der Waals surface area contributed by atoms with E-state index in [0.29, 0.717) is 53.6 Å². The summed E-state index contributed by atoms with van der Waals surface area (Å²) in [6, 6.07) is 2.74. The number of thiophene rings is 1. The Hall–Kier alpha value is -3.76. The van der Waals surface area contributed by atoms with Crippen LogP contribution in [0, 0.1) is 31.0 Å². The molecule has 4 aromatic rings. The highest BCUT2D eigenvalue weighted by Crippen LogP contribution is 2.51. The van der Waals surface area contributed by atoms with Crippen molar-refractivity contribution in [3.8, 4) is 23.3 Å². The predicted molar refractivity (Wildman–Crippen MR) is 185 cm³/mol. The van der Waals surface area contributed by atoms with Gasteiger partial charge in [-0.2, -0.15) is 24.0 Å². The topological polar surface area (TPSA) is 90.2 Å². The van der Waals surface area contributed by atoms with E-state index in [1.165, 1.54) is 11.3 Å². The minimum Gasteiger partial charge on any atom is -0.461 e. The van der Waals surface area contributed by atoms with E-state index in [2.05, 4.69) is 27.8 Å². The first-order valence-electron chi connectivity index (χ1n) is 16.7. The third kappa shape index (κ3) is 4.51. The summed E-state index contributed by atoms with van der Waals surface area (Å²) in [5.41, 5.74) is 2.56. The molecule has 0 saturated carbocycles. The Morgan fingerprint density at radius 1 is 1.24 bits per heavy atom. The molecule has 252 valence electrons. The van der Waals surface area contributed by atoms with Gasteiger partial charge in [0, 0.05) is 63.5 Å². The minimum absolute atomic E-state index is 0.0000682. The highest BCUT2D eigenvalue weighted by molar-refractivity contribution is 7.19. The van der Waals surface area contributed by atoms with Gasteiger partial charge in [-0.05, 0) is 70.1 Å². The number of rotatable bonds is 4. The number of aryl methyl sites for hydroxylation is 2. The van der Waals surface area contributed by atoms with Crippen LogP contribution in [0.3, 0.4) is 0 Å². The number of hydrogen-bond acceptors (Lipinski definition) is 9. The minimum atomic E-state index is -1.63. The quantitative estimate of drug-likeness (QED) is 0.232. The van der Waals surface area contributed by atoms with Gasteiger partial charge in [-0.15, -0.1) is 11.3 Å². The van der Waals surface area contributed by atoms with Gasteiger partial charge in [-0.25, -0.2) is 4.39 Å². The van der Waals surface area contributed by atoms with Crippen molar-refractivity contribution in [3.05, 3.63) is 56.8 Å². The molecule has 4 fully saturated rings. The average Bonchev–Trinajstić information content (AvgIpc) is 3.82. The van der Waals surface area contributed by atoms with Crippen LogP contribution >= 0.6 is 22.9 Å². The zero-order valence-corrected chi connectivity index (χ0v) is 28.7. The van der Waals surface area contributed by atoms with Gasteiger partial charge in [-0.3, -0.25) is 9.88 Å². The van der Waals surface area contributed by atoms with Crippen molar-refractivity contribution < 1.29 is 17.9 Å². The van der Waals surface area contributed by atoms with Crippen LogP contribution < -0.4 is 15.0 Å². The van der Waals surface area contributed by atoms with Crippen molar-refractivity contribution in [1.29, 1.82) is 5.26 Å². The number of nitriles is 1. The van der Waals surface area contributed by atoms with Gasteiger partial charge in [0.05, 0.1) is 32.8 Å². The van der Waals surface area contributed by atoms with Gasteiger partial charge in [-0.1, -0.05) is 18.2 Å². The molecule has 3 aromatic heterocycles. The van der Waals surface area contributed by atoms with Gasteiger partial charge in [0.25, 0.3) is 6.08 Å². The van der Waals surface area contributed by atoms with Crippen molar-refractivity contribution in [2.24, 2.45) is 0 Å². The predicted octanol–water partition coefficient (Wildman–Crippen LogP) is 7.68. The van der Waals surface area contributed by atoms with Crippen LogP contribution in [-0.2, 0) is 0 Å². The molecule has 0 aliphatic carbocycles. The summed E-state index contributed by atoms with van der Waals surface area (Å²) in [6.45, 7) is 9.98. The van der Waals surface area contributed by atoms with Crippen LogP contribution in [0.15, 0.2) is 24.4 Å². The van der Waals surface area contributed by atoms with Gasteiger partial charge < -0.3 is 15.0 Å². The lowest BCUT2D eigenvalue weighted by Crippen LogP contribution is -2.58. The molecule has 49 heavy (non-hydrogen) atoms. The zero-order chi connectivity index (χ0) is 33.9. The van der Waals surface area contributed by atoms with Crippen molar-refractivity contribution in [3.63, 3.8) is 0 Å². The molecule has 13 heteroatoms. The third-order valence-corrected chi connectivity index (χ3v) is 13.1. The lowest BCUT2D eigenvalue weighted by molar-refractivity contribution is 0.108. The second-order valence-corrected chi connectivity index (χ2v) is 15.8. The first-order chi connectivity index (χ1) is 23.6. The van der Waals surface area contributed by atoms with Crippen molar-refractivity contribution in [1.82, 2.24) is 25.2 Å². The van der Waals surface area contributed by atoms with Crippen LogP contribution in [0.2, 0.25) is 5.02 Å². The fourth-order valence-corrected chi connectivity index (χ4v) is 10.6. The lowest BCUT2D eigenvalue weighted by Gasteiger charge is -2.41. The number of fused-ring (bicyclic) bond motifs is 7. The molecule has 0 unspecified atom stereocenters. The largest absolute Gasteiger partial charge is 0.461 e. The molecule has 5 aliphatic rings. The zero-order valence-electron chi connectivity index (χ0n) is 27.1. The van der Waals surface area contributed by atoms with E-state index in [0.717, 1.165) is 40.0 Å². The molecule has 4 saturated heterocycles. The second-order valence-electron chi connectivity index (χ2n) is 14.2. The Morgan fingerprint density at radius 2 is 2.08 bits per heavy atom. The molecule has 0 radical (unpaired) electrons. The van der Waals surface area contributed by atoms with E-state index < -0.39 is 17.4 Å². The van der Waals surface area contributed by atoms with Crippen molar-refractivity contribution in [2.75, 3.05) is 31.1 Å². The molecule has 0 spiro atoms. The summed E-state index contributed by atoms with van der Waals surface area (Å²) in [5, 5.41) is 15.1. The summed E-state index contributed by atoms with van der Waals surface area (Å²) in [4.78, 5) is 19.5.